The number of allylic oxidation sites excluding steroid dienone is 3. The van der Waals surface area contributed by atoms with Crippen molar-refractivity contribution in [3.63, 3.8) is 0 Å². The first-order valence-electron chi connectivity index (χ1n) is 11.2. The Morgan fingerprint density at radius 3 is 2.54 bits per heavy atom. The number of halogens is 4. The zero-order chi connectivity index (χ0) is 27.2. The van der Waals surface area contributed by atoms with Crippen LogP contribution in [0, 0.1) is 0 Å². The van der Waals surface area contributed by atoms with E-state index in [4.69, 9.17) is 4.74 Å². The van der Waals surface area contributed by atoms with Crippen LogP contribution in [-0.2, 0) is 22.3 Å². The largest absolute Gasteiger partial charge is 0.496 e. The highest BCUT2D eigenvalue weighted by atomic mass is 79.9. The Morgan fingerprint density at radius 2 is 1.92 bits per heavy atom. The molecule has 2 aromatic carbocycles. The summed E-state index contributed by atoms with van der Waals surface area (Å²) in [4.78, 5) is 25.7. The molecule has 194 valence electrons. The summed E-state index contributed by atoms with van der Waals surface area (Å²) >= 11 is 3.36. The predicted octanol–water partition coefficient (Wildman–Crippen LogP) is 7.01. The number of para-hydroxylation sites is 1. The van der Waals surface area contributed by atoms with E-state index < -0.39 is 23.7 Å². The van der Waals surface area contributed by atoms with Crippen molar-refractivity contribution in [2.75, 3.05) is 19.0 Å². The lowest BCUT2D eigenvalue weighted by Crippen LogP contribution is -2.34. The van der Waals surface area contributed by atoms with E-state index in [1.165, 1.54) is 30.2 Å². The van der Waals surface area contributed by atoms with Crippen LogP contribution in [0.15, 0.2) is 82.2 Å². The third kappa shape index (κ3) is 7.15. The number of amides is 2. The minimum Gasteiger partial charge on any atom is -0.496 e. The second-order valence-electron chi connectivity index (χ2n) is 7.99. The Bertz CT molecular complexity index is 1330. The van der Waals surface area contributed by atoms with Crippen molar-refractivity contribution in [2.45, 2.75) is 26.1 Å². The number of nitrogens with zero attached hydrogens (tertiary/aromatic N) is 1. The van der Waals surface area contributed by atoms with Gasteiger partial charge >= 0.3 is 18.2 Å². The summed E-state index contributed by atoms with van der Waals surface area (Å²) in [5.74, 6) is -0.768. The van der Waals surface area contributed by atoms with Crippen LogP contribution >= 0.6 is 15.9 Å². The first-order chi connectivity index (χ1) is 17.5. The van der Waals surface area contributed by atoms with Crippen LogP contribution in [0.5, 0.6) is 0 Å². The molecule has 0 atom stereocenters. The van der Waals surface area contributed by atoms with Gasteiger partial charge in [-0.3, -0.25) is 4.79 Å². The predicted molar refractivity (Wildman–Crippen MR) is 138 cm³/mol. The van der Waals surface area contributed by atoms with Crippen LogP contribution in [0.2, 0.25) is 0 Å². The van der Waals surface area contributed by atoms with Gasteiger partial charge in [-0.25, -0.2) is 4.79 Å². The molecule has 2 aromatic rings. The van der Waals surface area contributed by atoms with E-state index in [-0.39, 0.29) is 25.1 Å². The lowest BCUT2D eigenvalue weighted by Gasteiger charge is -2.25. The van der Waals surface area contributed by atoms with Gasteiger partial charge in [0, 0.05) is 28.7 Å². The van der Waals surface area contributed by atoms with Gasteiger partial charge in [0.2, 0.25) is 0 Å². The van der Waals surface area contributed by atoms with Crippen LogP contribution in [-0.4, -0.2) is 35.7 Å². The summed E-state index contributed by atoms with van der Waals surface area (Å²) in [6, 6.07) is 9.73. The van der Waals surface area contributed by atoms with Gasteiger partial charge in [0.15, 0.2) is 0 Å². The number of carbonyl (C=O) groups is 2. The molecule has 0 fully saturated rings. The molecule has 1 aliphatic carbocycles. The second-order valence-corrected chi connectivity index (χ2v) is 8.85. The number of aliphatic carboxylic acids is 1. The Morgan fingerprint density at radius 1 is 1.19 bits per heavy atom. The highest BCUT2D eigenvalue weighted by Gasteiger charge is 2.32. The number of alkyl halides is 3. The molecule has 0 radical (unpaired) electrons. The minimum absolute atomic E-state index is 0.147. The molecule has 2 N–H and O–H groups in total. The van der Waals surface area contributed by atoms with E-state index in [2.05, 4.69) is 27.0 Å². The number of carboxylic acids is 1. The molecule has 0 heterocycles. The smallest absolute Gasteiger partial charge is 0.416 e. The van der Waals surface area contributed by atoms with Gasteiger partial charge in [0.1, 0.15) is 5.76 Å². The first-order valence-corrected chi connectivity index (χ1v) is 12.0. The number of rotatable bonds is 8. The topological polar surface area (TPSA) is 78.9 Å². The number of hydrogen-bond acceptors (Lipinski definition) is 3. The molecule has 0 saturated carbocycles. The standard InChI is InChI=1S/C27H24BrF3N2O4/c1-3-33(26(36)32-23-9-5-4-8-22(23)28)16-18-15-19(27(29,30)31)11-12-20(18)21-13-17(14-25(34)35)7-6-10-24(21)37-2/h4-6,8-13,15H,3,14,16H2,1-2H3,(H,32,36)(H,34,35). The normalized spacial score (nSPS) is 13.2. The van der Waals surface area contributed by atoms with Crippen LogP contribution < -0.4 is 5.32 Å². The number of benzene rings is 2. The van der Waals surface area contributed by atoms with E-state index in [9.17, 15) is 27.9 Å². The molecule has 37 heavy (non-hydrogen) atoms. The maximum absolute atomic E-state index is 13.6. The van der Waals surface area contributed by atoms with Crippen molar-refractivity contribution < 1.29 is 32.6 Å². The lowest BCUT2D eigenvalue weighted by molar-refractivity contribution is -0.138. The van der Waals surface area contributed by atoms with Gasteiger partial charge in [-0.1, -0.05) is 18.2 Å². The Kier molecular flexibility index (Phi) is 9.02. The van der Waals surface area contributed by atoms with Crippen molar-refractivity contribution in [1.29, 1.82) is 0 Å². The van der Waals surface area contributed by atoms with Crippen LogP contribution in [0.1, 0.15) is 30.0 Å². The molecule has 2 amide bonds. The molecule has 0 aromatic heterocycles. The molecule has 10 heteroatoms. The molecule has 0 spiro atoms. The van der Waals surface area contributed by atoms with Gasteiger partial charge in [-0.15, -0.1) is 5.73 Å². The summed E-state index contributed by atoms with van der Waals surface area (Å²) in [6.07, 6.45) is -0.366. The Hall–Kier alpha value is -3.75. The SMILES string of the molecule is CCN(Cc1cc(C(F)(F)F)ccc1C1=CC(CC(=O)O)=C=CC=C1OC)C(=O)Nc1ccccc1Br. The molecule has 0 bridgehead atoms. The molecule has 6 nitrogen and oxygen atoms in total. The summed E-state index contributed by atoms with van der Waals surface area (Å²) in [5.41, 5.74) is 3.78. The van der Waals surface area contributed by atoms with Gasteiger partial charge in [-0.05, 0) is 76.5 Å². The molecule has 1 aliphatic rings. The highest BCUT2D eigenvalue weighted by Crippen LogP contribution is 2.36. The maximum atomic E-state index is 13.6. The monoisotopic (exact) mass is 576 g/mol. The number of urea groups is 1. The first kappa shape index (κ1) is 27.8. The van der Waals surface area contributed by atoms with E-state index in [1.54, 1.807) is 37.3 Å². The second kappa shape index (κ2) is 12.0. The Labute approximate surface area is 220 Å². The fourth-order valence-corrected chi connectivity index (χ4v) is 4.09. The molecule has 0 unspecified atom stereocenters. The average Bonchev–Trinajstić information content (AvgIpc) is 3.04. The van der Waals surface area contributed by atoms with Gasteiger partial charge in [-0.2, -0.15) is 13.2 Å². The molecule has 0 aliphatic heterocycles. The van der Waals surface area contributed by atoms with E-state index in [0.717, 1.165) is 12.1 Å². The summed E-state index contributed by atoms with van der Waals surface area (Å²) in [6.45, 7) is 1.78. The summed E-state index contributed by atoms with van der Waals surface area (Å²) in [5, 5.41) is 12.0. The fraction of sp³-hybridized carbons (Fsp3) is 0.222. The van der Waals surface area contributed by atoms with Crippen LogP contribution in [0.3, 0.4) is 0 Å². The van der Waals surface area contributed by atoms with Gasteiger partial charge in [0.25, 0.3) is 0 Å². The van der Waals surface area contributed by atoms with E-state index in [1.807, 2.05) is 0 Å². The third-order valence-corrected chi connectivity index (χ3v) is 6.21. The number of hydrogen-bond donors (Lipinski definition) is 2. The van der Waals surface area contributed by atoms with Crippen LogP contribution in [0.4, 0.5) is 23.7 Å². The summed E-state index contributed by atoms with van der Waals surface area (Å²) in [7, 11) is 1.41. The number of ether oxygens (including phenoxy) is 1. The maximum Gasteiger partial charge on any atom is 0.416 e. The molecular weight excluding hydrogens is 553 g/mol. The Balaban J connectivity index is 2.07. The number of methoxy groups -OCH3 is 1. The van der Waals surface area contributed by atoms with Crippen molar-refractivity contribution in [2.24, 2.45) is 0 Å². The number of carboxylic acid groups (broad SMARTS) is 1. The molecule has 0 saturated heterocycles. The van der Waals surface area contributed by atoms with Crippen LogP contribution in [0.25, 0.3) is 5.57 Å². The zero-order valence-electron chi connectivity index (χ0n) is 20.0. The van der Waals surface area contributed by atoms with E-state index in [0.29, 0.717) is 32.6 Å². The average molecular weight is 577 g/mol. The molecule has 3 rings (SSSR count). The fourth-order valence-electron chi connectivity index (χ4n) is 3.71. The summed E-state index contributed by atoms with van der Waals surface area (Å²) < 4.78 is 47.0. The number of nitrogens with one attached hydrogen (secondary N) is 1. The third-order valence-electron chi connectivity index (χ3n) is 5.52. The van der Waals surface area contributed by atoms with Crippen molar-refractivity contribution >= 4 is 39.2 Å². The highest BCUT2D eigenvalue weighted by molar-refractivity contribution is 9.10. The van der Waals surface area contributed by atoms with Crippen molar-refractivity contribution in [1.82, 2.24) is 4.90 Å². The van der Waals surface area contributed by atoms with Gasteiger partial charge < -0.3 is 20.1 Å². The minimum atomic E-state index is -4.60. The number of anilines is 1. The molecular formula is C27H24BrF3N2O4. The van der Waals surface area contributed by atoms with E-state index >= 15 is 0 Å². The van der Waals surface area contributed by atoms with Crippen molar-refractivity contribution in [3.05, 3.63) is 98.9 Å². The quantitative estimate of drug-likeness (QED) is 0.331. The zero-order valence-corrected chi connectivity index (χ0v) is 21.6. The lowest BCUT2D eigenvalue weighted by atomic mass is 9.93. The van der Waals surface area contributed by atoms with Crippen molar-refractivity contribution in [3.8, 4) is 0 Å². The number of carbonyl (C=O) groups excluding carboxylic acids is 1. The van der Waals surface area contributed by atoms with Gasteiger partial charge in [0.05, 0.1) is 24.8 Å².